The summed E-state index contributed by atoms with van der Waals surface area (Å²) in [6, 6.07) is 0. The van der Waals surface area contributed by atoms with Gasteiger partial charge in [-0.2, -0.15) is 4.89 Å². The van der Waals surface area contributed by atoms with Crippen molar-refractivity contribution in [3.8, 4) is 0 Å². The van der Waals surface area contributed by atoms with Gasteiger partial charge in [-0.15, -0.1) is 4.52 Å². The average molecular weight is 141 g/mol. The van der Waals surface area contributed by atoms with E-state index < -0.39 is 7.15 Å². The Morgan fingerprint density at radius 3 is 2.14 bits per heavy atom. The van der Waals surface area contributed by atoms with Crippen LogP contribution in [0.4, 0.5) is 0 Å². The largest absolute Gasteiger partial charge is 0.552 e. The Morgan fingerprint density at radius 2 is 2.00 bits per heavy atom. The highest BCUT2D eigenvalue weighted by Crippen LogP contribution is 2.21. The van der Waals surface area contributed by atoms with Gasteiger partial charge < -0.3 is 0 Å². The molecule has 0 bridgehead atoms. The van der Waals surface area contributed by atoms with Crippen LogP contribution in [0, 0.1) is 0 Å². The smallest absolute Gasteiger partial charge is 0.192 e. The van der Waals surface area contributed by atoms with E-state index >= 15 is 0 Å². The van der Waals surface area contributed by atoms with E-state index in [0.29, 0.717) is 0 Å². The number of hydrogen-bond donors (Lipinski definition) is 0. The summed E-state index contributed by atoms with van der Waals surface area (Å²) in [5.74, 6) is 0. The zero-order valence-electron chi connectivity index (χ0n) is 4.08. The molecule has 0 heterocycles. The fourth-order valence-corrected chi connectivity index (χ4v) is 0.456. The lowest BCUT2D eigenvalue weighted by atomic mass is 11.8. The first-order valence-corrected chi connectivity index (χ1v) is 3.72. The Labute approximate surface area is 48.1 Å². The van der Waals surface area contributed by atoms with Crippen molar-refractivity contribution in [2.75, 3.05) is 14.2 Å². The van der Waals surface area contributed by atoms with Crippen LogP contribution in [0.1, 0.15) is 0 Å². The molecule has 5 heteroatoms. The Balaban J connectivity index is 3.00. The molecule has 0 radical (unpaired) electrons. The van der Waals surface area contributed by atoms with Crippen molar-refractivity contribution >= 4 is 19.0 Å². The van der Waals surface area contributed by atoms with E-state index in [9.17, 15) is 0 Å². The molecule has 1 unspecified atom stereocenters. The molecular formula is C2H6O3PS+. The molecule has 0 aliphatic heterocycles. The lowest BCUT2D eigenvalue weighted by molar-refractivity contribution is -0.173. The molecule has 0 rings (SSSR count). The third kappa shape index (κ3) is 4.25. The molecule has 1 atom stereocenters. The zero-order chi connectivity index (χ0) is 5.70. The minimum atomic E-state index is -1.22. The van der Waals surface area contributed by atoms with Crippen LogP contribution < -0.4 is 0 Å². The summed E-state index contributed by atoms with van der Waals surface area (Å²) in [6.45, 7) is 0. The van der Waals surface area contributed by atoms with Crippen molar-refractivity contribution in [2.45, 2.75) is 0 Å². The summed E-state index contributed by atoms with van der Waals surface area (Å²) in [6.07, 6.45) is 0. The van der Waals surface area contributed by atoms with Gasteiger partial charge in [0.05, 0.1) is 14.2 Å². The third-order valence-corrected chi connectivity index (χ3v) is 1.48. The SMILES string of the molecule is COO[P+](=S)OC. The molecule has 0 saturated heterocycles. The first kappa shape index (κ1) is 7.40. The van der Waals surface area contributed by atoms with Crippen LogP contribution in [-0.4, -0.2) is 14.2 Å². The maximum atomic E-state index is 4.53. The van der Waals surface area contributed by atoms with Gasteiger partial charge >= 0.3 is 7.15 Å². The summed E-state index contributed by atoms with van der Waals surface area (Å²) in [7, 11) is 1.64. The number of rotatable bonds is 3. The first-order chi connectivity index (χ1) is 3.31. The van der Waals surface area contributed by atoms with Crippen molar-refractivity contribution < 1.29 is 14.1 Å². The van der Waals surface area contributed by atoms with Crippen molar-refractivity contribution in [3.63, 3.8) is 0 Å². The van der Waals surface area contributed by atoms with Gasteiger partial charge in [-0.1, -0.05) is 0 Å². The molecule has 0 N–H and O–H groups in total. The minimum Gasteiger partial charge on any atom is -0.192 e. The average Bonchev–Trinajstić information content (AvgIpc) is 1.68. The van der Waals surface area contributed by atoms with Crippen LogP contribution >= 0.6 is 7.15 Å². The standard InChI is InChI=1S/C2H6O3PS/c1-3-5-6(7)4-2/h1-2H3/q+1. The molecule has 0 aromatic carbocycles. The molecule has 0 aromatic rings. The lowest BCUT2D eigenvalue weighted by Gasteiger charge is -1.78. The quantitative estimate of drug-likeness (QED) is 0.332. The maximum Gasteiger partial charge on any atom is 0.552 e. The molecule has 0 aliphatic carbocycles. The van der Waals surface area contributed by atoms with Gasteiger partial charge in [0.2, 0.25) is 11.8 Å². The van der Waals surface area contributed by atoms with Crippen LogP contribution in [0.5, 0.6) is 0 Å². The summed E-state index contributed by atoms with van der Waals surface area (Å²) in [5, 5.41) is 0. The second-order valence-electron chi connectivity index (χ2n) is 0.647. The van der Waals surface area contributed by atoms with E-state index in [2.05, 4.69) is 25.9 Å². The van der Waals surface area contributed by atoms with Gasteiger partial charge in [-0.3, -0.25) is 0 Å². The van der Waals surface area contributed by atoms with Crippen LogP contribution in [-0.2, 0) is 25.9 Å². The van der Waals surface area contributed by atoms with Gasteiger partial charge in [0.25, 0.3) is 0 Å². The molecule has 42 valence electrons. The van der Waals surface area contributed by atoms with Gasteiger partial charge in [-0.05, 0) is 0 Å². The van der Waals surface area contributed by atoms with Crippen molar-refractivity contribution in [3.05, 3.63) is 0 Å². The molecule has 7 heavy (non-hydrogen) atoms. The molecule has 3 nitrogen and oxygen atoms in total. The summed E-state index contributed by atoms with van der Waals surface area (Å²) in [4.78, 5) is 4.19. The summed E-state index contributed by atoms with van der Waals surface area (Å²) < 4.78 is 8.87. The highest BCUT2D eigenvalue weighted by atomic mass is 32.4. The van der Waals surface area contributed by atoms with E-state index in [1.165, 1.54) is 14.2 Å². The summed E-state index contributed by atoms with van der Waals surface area (Å²) in [5.41, 5.74) is 0. The van der Waals surface area contributed by atoms with E-state index in [0.717, 1.165) is 0 Å². The highest BCUT2D eigenvalue weighted by Gasteiger charge is 2.08. The van der Waals surface area contributed by atoms with Crippen LogP contribution in [0.25, 0.3) is 0 Å². The molecule has 0 aromatic heterocycles. The zero-order valence-corrected chi connectivity index (χ0v) is 5.79. The fourth-order valence-electron chi connectivity index (χ4n) is 0.0913. The van der Waals surface area contributed by atoms with Crippen molar-refractivity contribution in [1.29, 1.82) is 0 Å². The summed E-state index contributed by atoms with van der Waals surface area (Å²) >= 11 is 4.53. The van der Waals surface area contributed by atoms with Crippen LogP contribution in [0.15, 0.2) is 0 Å². The second-order valence-corrected chi connectivity index (χ2v) is 2.50. The Kier molecular flexibility index (Phi) is 4.82. The molecular weight excluding hydrogens is 135 g/mol. The van der Waals surface area contributed by atoms with Gasteiger partial charge in [0, 0.05) is 4.67 Å². The fraction of sp³-hybridized carbons (Fsp3) is 1.00. The molecule has 0 amide bonds. The molecule has 0 spiro atoms. The third-order valence-electron chi connectivity index (χ3n) is 0.284. The van der Waals surface area contributed by atoms with E-state index in [1.807, 2.05) is 0 Å². The normalized spacial score (nSPS) is 11.4. The molecule has 0 aliphatic rings. The van der Waals surface area contributed by atoms with E-state index in [1.54, 1.807) is 0 Å². The monoisotopic (exact) mass is 141 g/mol. The van der Waals surface area contributed by atoms with Crippen molar-refractivity contribution in [2.24, 2.45) is 0 Å². The van der Waals surface area contributed by atoms with Gasteiger partial charge in [0.1, 0.15) is 0 Å². The van der Waals surface area contributed by atoms with E-state index in [-0.39, 0.29) is 0 Å². The topological polar surface area (TPSA) is 27.7 Å². The van der Waals surface area contributed by atoms with Gasteiger partial charge in [-0.25, -0.2) is 0 Å². The Morgan fingerprint density at radius 1 is 1.43 bits per heavy atom. The molecule has 0 saturated carbocycles. The Bertz CT molecular complexity index is 66.0. The predicted octanol–water partition coefficient (Wildman–Crippen LogP) is 0.985. The first-order valence-electron chi connectivity index (χ1n) is 1.53. The van der Waals surface area contributed by atoms with Crippen molar-refractivity contribution in [1.82, 2.24) is 0 Å². The number of hydrogen-bond acceptors (Lipinski definition) is 4. The predicted molar refractivity (Wildman–Crippen MR) is 29.4 cm³/mol. The van der Waals surface area contributed by atoms with Gasteiger partial charge in [0.15, 0.2) is 0 Å². The van der Waals surface area contributed by atoms with E-state index in [4.69, 9.17) is 0 Å². The molecule has 0 fully saturated rings. The maximum absolute atomic E-state index is 4.53. The van der Waals surface area contributed by atoms with Crippen LogP contribution in [0.2, 0.25) is 0 Å². The highest BCUT2D eigenvalue weighted by molar-refractivity contribution is 8.00. The Hall–Kier alpha value is 0.400. The second kappa shape index (κ2) is 4.56. The minimum absolute atomic E-state index is 1.22. The van der Waals surface area contributed by atoms with Crippen LogP contribution in [0.3, 0.4) is 0 Å². The lowest BCUT2D eigenvalue weighted by Crippen LogP contribution is -1.75.